The molecule has 0 heterocycles. The molecule has 0 aliphatic heterocycles. The Morgan fingerprint density at radius 1 is 0.909 bits per heavy atom. The molecule has 0 bridgehead atoms. The van der Waals surface area contributed by atoms with Crippen molar-refractivity contribution in [3.05, 3.63) is 24.3 Å². The summed E-state index contributed by atoms with van der Waals surface area (Å²) < 4.78 is 0. The van der Waals surface area contributed by atoms with Crippen LogP contribution < -0.4 is 9.80 Å². The topological polar surface area (TPSA) is 43.8 Å². The van der Waals surface area contributed by atoms with E-state index in [1.807, 2.05) is 0 Å². The number of carbonyl (C=O) groups is 1. The molecule has 1 aromatic rings. The molecule has 0 saturated heterocycles. The zero-order valence-electron chi connectivity index (χ0n) is 14.2. The smallest absolute Gasteiger partial charge is 0.305 e. The number of carboxylic acid groups (broad SMARTS) is 1. The molecule has 0 atom stereocenters. The minimum atomic E-state index is -0.736. The summed E-state index contributed by atoms with van der Waals surface area (Å²) in [4.78, 5) is 15.4. The molecule has 0 unspecified atom stereocenters. The van der Waals surface area contributed by atoms with E-state index in [4.69, 9.17) is 5.11 Å². The van der Waals surface area contributed by atoms with Crippen LogP contribution in [0.2, 0.25) is 0 Å². The van der Waals surface area contributed by atoms with Crippen molar-refractivity contribution >= 4 is 17.3 Å². The lowest BCUT2D eigenvalue weighted by atomic mass is 10.2. The van der Waals surface area contributed by atoms with E-state index in [0.717, 1.165) is 31.7 Å². The van der Waals surface area contributed by atoms with E-state index >= 15 is 0 Å². The van der Waals surface area contributed by atoms with Gasteiger partial charge in [0.15, 0.2) is 0 Å². The predicted octanol–water partition coefficient (Wildman–Crippen LogP) is 4.00. The molecule has 1 rings (SSSR count). The van der Waals surface area contributed by atoms with E-state index in [-0.39, 0.29) is 6.42 Å². The van der Waals surface area contributed by atoms with Gasteiger partial charge in [0.1, 0.15) is 0 Å². The van der Waals surface area contributed by atoms with E-state index in [9.17, 15) is 4.79 Å². The van der Waals surface area contributed by atoms with Gasteiger partial charge in [-0.05, 0) is 44.5 Å². The Labute approximate surface area is 134 Å². The number of hydrogen-bond acceptors (Lipinski definition) is 3. The molecule has 0 aromatic heterocycles. The SMILES string of the molecule is CCCCCN(CCC(=O)O)c1ccc(N(CC)CC)cc1. The predicted molar refractivity (Wildman–Crippen MR) is 94.0 cm³/mol. The number of carboxylic acids is 1. The van der Waals surface area contributed by atoms with Gasteiger partial charge in [0.05, 0.1) is 6.42 Å². The largest absolute Gasteiger partial charge is 0.481 e. The zero-order chi connectivity index (χ0) is 16.4. The average molecular weight is 306 g/mol. The van der Waals surface area contributed by atoms with Crippen LogP contribution in [0.3, 0.4) is 0 Å². The number of unbranched alkanes of at least 4 members (excludes halogenated alkanes) is 2. The van der Waals surface area contributed by atoms with Gasteiger partial charge in [-0.3, -0.25) is 4.79 Å². The molecule has 4 nitrogen and oxygen atoms in total. The number of hydrogen-bond donors (Lipinski definition) is 1. The van der Waals surface area contributed by atoms with Gasteiger partial charge >= 0.3 is 5.97 Å². The van der Waals surface area contributed by atoms with Gasteiger partial charge < -0.3 is 14.9 Å². The fraction of sp³-hybridized carbons (Fsp3) is 0.611. The van der Waals surface area contributed by atoms with E-state index in [2.05, 4.69) is 54.8 Å². The molecule has 22 heavy (non-hydrogen) atoms. The van der Waals surface area contributed by atoms with Crippen molar-refractivity contribution in [1.82, 2.24) is 0 Å². The monoisotopic (exact) mass is 306 g/mol. The van der Waals surface area contributed by atoms with Crippen LogP contribution in [0, 0.1) is 0 Å². The summed E-state index contributed by atoms with van der Waals surface area (Å²) in [6, 6.07) is 8.49. The highest BCUT2D eigenvalue weighted by atomic mass is 16.4. The molecule has 0 radical (unpaired) electrons. The Balaban J connectivity index is 2.76. The van der Waals surface area contributed by atoms with Crippen LogP contribution in [-0.4, -0.2) is 37.3 Å². The number of rotatable bonds is 11. The maximum Gasteiger partial charge on any atom is 0.305 e. The van der Waals surface area contributed by atoms with E-state index in [0.29, 0.717) is 6.54 Å². The standard InChI is InChI=1S/C18H30N2O2/c1-4-7-8-14-20(15-13-18(21)22)17-11-9-16(10-12-17)19(5-2)6-3/h9-12H,4-8,13-15H2,1-3H3,(H,21,22). The first-order chi connectivity index (χ1) is 10.6. The van der Waals surface area contributed by atoms with Crippen molar-refractivity contribution in [1.29, 1.82) is 0 Å². The lowest BCUT2D eigenvalue weighted by Gasteiger charge is -2.26. The van der Waals surface area contributed by atoms with Crippen LogP contribution in [0.5, 0.6) is 0 Å². The quantitative estimate of drug-likeness (QED) is 0.627. The van der Waals surface area contributed by atoms with Crippen molar-refractivity contribution in [3.63, 3.8) is 0 Å². The summed E-state index contributed by atoms with van der Waals surface area (Å²) in [5, 5.41) is 8.93. The number of anilines is 2. The number of aliphatic carboxylic acids is 1. The highest BCUT2D eigenvalue weighted by Crippen LogP contribution is 2.21. The number of benzene rings is 1. The van der Waals surface area contributed by atoms with Crippen LogP contribution >= 0.6 is 0 Å². The van der Waals surface area contributed by atoms with Crippen molar-refractivity contribution in [3.8, 4) is 0 Å². The van der Waals surface area contributed by atoms with Crippen LogP contribution in [0.15, 0.2) is 24.3 Å². The molecule has 0 amide bonds. The van der Waals surface area contributed by atoms with Crippen molar-refractivity contribution in [2.24, 2.45) is 0 Å². The molecule has 124 valence electrons. The van der Waals surface area contributed by atoms with E-state index in [1.54, 1.807) is 0 Å². The fourth-order valence-electron chi connectivity index (χ4n) is 2.62. The van der Waals surface area contributed by atoms with Gasteiger partial charge in [0.25, 0.3) is 0 Å². The van der Waals surface area contributed by atoms with Gasteiger partial charge in [0, 0.05) is 37.6 Å². The Bertz CT molecular complexity index is 427. The first-order valence-corrected chi connectivity index (χ1v) is 8.44. The summed E-state index contributed by atoms with van der Waals surface area (Å²) >= 11 is 0. The Morgan fingerprint density at radius 3 is 1.91 bits per heavy atom. The minimum absolute atomic E-state index is 0.184. The summed E-state index contributed by atoms with van der Waals surface area (Å²) in [6.07, 6.45) is 3.65. The van der Waals surface area contributed by atoms with Gasteiger partial charge in [-0.1, -0.05) is 19.8 Å². The molecular formula is C18H30N2O2. The average Bonchev–Trinajstić information content (AvgIpc) is 2.52. The molecule has 0 spiro atoms. The first-order valence-electron chi connectivity index (χ1n) is 8.44. The molecule has 0 saturated carbocycles. The second kappa shape index (κ2) is 10.1. The van der Waals surface area contributed by atoms with Gasteiger partial charge in [0.2, 0.25) is 0 Å². The lowest BCUT2D eigenvalue weighted by Crippen LogP contribution is -2.27. The lowest BCUT2D eigenvalue weighted by molar-refractivity contribution is -0.136. The third-order valence-corrected chi connectivity index (χ3v) is 3.97. The Morgan fingerprint density at radius 2 is 1.45 bits per heavy atom. The summed E-state index contributed by atoms with van der Waals surface area (Å²) in [5.41, 5.74) is 2.34. The maximum absolute atomic E-state index is 10.9. The molecule has 1 aromatic carbocycles. The summed E-state index contributed by atoms with van der Waals surface area (Å²) in [5.74, 6) is -0.736. The van der Waals surface area contributed by atoms with Crippen LogP contribution in [-0.2, 0) is 4.79 Å². The van der Waals surface area contributed by atoms with Crippen molar-refractivity contribution in [2.75, 3.05) is 36.0 Å². The fourth-order valence-corrected chi connectivity index (χ4v) is 2.62. The highest BCUT2D eigenvalue weighted by molar-refractivity contribution is 5.68. The summed E-state index contributed by atoms with van der Waals surface area (Å²) in [7, 11) is 0. The van der Waals surface area contributed by atoms with E-state index in [1.165, 1.54) is 18.5 Å². The third kappa shape index (κ3) is 5.96. The Kier molecular flexibility index (Phi) is 8.41. The first kappa shape index (κ1) is 18.3. The second-order valence-corrected chi connectivity index (χ2v) is 5.53. The summed E-state index contributed by atoms with van der Waals surface area (Å²) in [6.45, 7) is 9.97. The van der Waals surface area contributed by atoms with Crippen LogP contribution in [0.25, 0.3) is 0 Å². The molecule has 4 heteroatoms. The van der Waals surface area contributed by atoms with Gasteiger partial charge in [-0.2, -0.15) is 0 Å². The molecule has 0 aliphatic carbocycles. The second-order valence-electron chi connectivity index (χ2n) is 5.53. The van der Waals surface area contributed by atoms with Crippen LogP contribution in [0.4, 0.5) is 11.4 Å². The van der Waals surface area contributed by atoms with Crippen LogP contribution in [0.1, 0.15) is 46.5 Å². The van der Waals surface area contributed by atoms with Gasteiger partial charge in [-0.25, -0.2) is 0 Å². The maximum atomic E-state index is 10.9. The normalized spacial score (nSPS) is 10.5. The van der Waals surface area contributed by atoms with E-state index < -0.39 is 5.97 Å². The van der Waals surface area contributed by atoms with Crippen molar-refractivity contribution in [2.45, 2.75) is 46.5 Å². The van der Waals surface area contributed by atoms with Gasteiger partial charge in [-0.15, -0.1) is 0 Å². The highest BCUT2D eigenvalue weighted by Gasteiger charge is 2.09. The number of nitrogens with zero attached hydrogens (tertiary/aromatic N) is 2. The van der Waals surface area contributed by atoms with Crippen molar-refractivity contribution < 1.29 is 9.90 Å². The minimum Gasteiger partial charge on any atom is -0.481 e. The molecule has 1 N–H and O–H groups in total. The Hall–Kier alpha value is -1.71. The zero-order valence-corrected chi connectivity index (χ0v) is 14.2. The molecular weight excluding hydrogens is 276 g/mol. The third-order valence-electron chi connectivity index (χ3n) is 3.97. The molecule has 0 fully saturated rings. The molecule has 0 aliphatic rings.